The lowest BCUT2D eigenvalue weighted by Gasteiger charge is -2.34. The van der Waals surface area contributed by atoms with Gasteiger partial charge in [0.05, 0.1) is 18.8 Å². The van der Waals surface area contributed by atoms with Crippen LogP contribution in [0.25, 0.3) is 0 Å². The number of piperazine rings is 1. The lowest BCUT2D eigenvalue weighted by atomic mass is 9.97. The van der Waals surface area contributed by atoms with Crippen molar-refractivity contribution in [3.8, 4) is 0 Å². The van der Waals surface area contributed by atoms with Crippen molar-refractivity contribution in [1.82, 2.24) is 29.8 Å². The van der Waals surface area contributed by atoms with E-state index in [4.69, 9.17) is 0 Å². The van der Waals surface area contributed by atoms with E-state index < -0.39 is 0 Å². The maximum atomic E-state index is 12.3. The van der Waals surface area contributed by atoms with Crippen LogP contribution >= 0.6 is 11.3 Å². The van der Waals surface area contributed by atoms with Gasteiger partial charge in [-0.2, -0.15) is 5.10 Å². The molecule has 2 aliphatic carbocycles. The summed E-state index contributed by atoms with van der Waals surface area (Å²) in [7, 11) is 0. The Morgan fingerprint density at radius 2 is 1.79 bits per heavy atom. The minimum atomic E-state index is 0.0574. The van der Waals surface area contributed by atoms with Crippen molar-refractivity contribution in [3.05, 3.63) is 37.7 Å². The molecule has 0 amide bonds. The fraction of sp³-hybridized carbons (Fsp3) is 0.700. The molecule has 2 aromatic heterocycles. The van der Waals surface area contributed by atoms with Gasteiger partial charge in [-0.05, 0) is 44.1 Å². The Morgan fingerprint density at radius 3 is 2.61 bits per heavy atom. The number of nitrogens with zero attached hydrogens (tertiary/aromatic N) is 6. The molecule has 0 atom stereocenters. The summed E-state index contributed by atoms with van der Waals surface area (Å²) in [5.74, 6) is 0.698. The first-order valence-electron chi connectivity index (χ1n) is 10.6. The summed E-state index contributed by atoms with van der Waals surface area (Å²) >= 11 is 1.79. The summed E-state index contributed by atoms with van der Waals surface area (Å²) in [5.41, 5.74) is 2.36. The highest BCUT2D eigenvalue weighted by Crippen LogP contribution is 2.41. The maximum absolute atomic E-state index is 12.3. The summed E-state index contributed by atoms with van der Waals surface area (Å²) in [6.07, 6.45) is 6.97. The van der Waals surface area contributed by atoms with Gasteiger partial charge in [0, 0.05) is 44.7 Å². The van der Waals surface area contributed by atoms with Crippen molar-refractivity contribution >= 4 is 11.3 Å². The summed E-state index contributed by atoms with van der Waals surface area (Å²) in [4.78, 5) is 17.2. The molecule has 28 heavy (non-hydrogen) atoms. The second-order valence-electron chi connectivity index (χ2n) is 8.31. The van der Waals surface area contributed by atoms with Crippen LogP contribution in [-0.2, 0) is 25.9 Å². The van der Waals surface area contributed by atoms with Crippen LogP contribution in [0.1, 0.15) is 52.9 Å². The highest BCUT2D eigenvalue weighted by molar-refractivity contribution is 7.11. The van der Waals surface area contributed by atoms with Gasteiger partial charge < -0.3 is 0 Å². The second kappa shape index (κ2) is 8.00. The average Bonchev–Trinajstić information content (AvgIpc) is 3.47. The van der Waals surface area contributed by atoms with E-state index in [2.05, 4.69) is 25.1 Å². The number of aryl methyl sites for hydroxylation is 2. The zero-order chi connectivity index (χ0) is 18.9. The Kier molecular flexibility index (Phi) is 5.26. The Labute approximate surface area is 169 Å². The Morgan fingerprint density at radius 1 is 1.00 bits per heavy atom. The molecule has 5 rings (SSSR count). The van der Waals surface area contributed by atoms with E-state index in [1.165, 1.54) is 36.3 Å². The first-order chi connectivity index (χ1) is 13.7. The molecule has 2 aromatic rings. The summed E-state index contributed by atoms with van der Waals surface area (Å²) in [6, 6.07) is 1.82. The third-order valence-corrected chi connectivity index (χ3v) is 7.21. The van der Waals surface area contributed by atoms with E-state index in [9.17, 15) is 4.79 Å². The standard InChI is InChI=1S/C20H28N6OS/c27-19-13-16-3-1-2-4-17(16)23-26(19)12-11-24-7-9-25(10-8-24)14-18-21-22-20(28-18)15-5-6-15/h13,15H,1-12,14H2. The van der Waals surface area contributed by atoms with Crippen LogP contribution in [-0.4, -0.2) is 62.5 Å². The Hall–Kier alpha value is -1.64. The van der Waals surface area contributed by atoms with Crippen LogP contribution in [0.5, 0.6) is 0 Å². The van der Waals surface area contributed by atoms with Gasteiger partial charge in [-0.25, -0.2) is 4.68 Å². The molecule has 8 heteroatoms. The molecule has 1 aliphatic heterocycles. The number of rotatable bonds is 6. The van der Waals surface area contributed by atoms with Crippen LogP contribution in [0.2, 0.25) is 0 Å². The van der Waals surface area contributed by atoms with Gasteiger partial charge in [0.1, 0.15) is 10.0 Å². The van der Waals surface area contributed by atoms with E-state index in [0.717, 1.165) is 62.8 Å². The molecule has 0 N–H and O–H groups in total. The zero-order valence-corrected chi connectivity index (χ0v) is 17.2. The fourth-order valence-corrected chi connectivity index (χ4v) is 5.24. The maximum Gasteiger partial charge on any atom is 0.267 e. The second-order valence-corrected chi connectivity index (χ2v) is 9.40. The molecule has 2 fully saturated rings. The molecule has 150 valence electrons. The molecule has 1 saturated carbocycles. The molecule has 0 bridgehead atoms. The van der Waals surface area contributed by atoms with Crippen LogP contribution in [0.3, 0.4) is 0 Å². The van der Waals surface area contributed by atoms with Crippen molar-refractivity contribution in [3.63, 3.8) is 0 Å². The van der Waals surface area contributed by atoms with Crippen LogP contribution < -0.4 is 5.56 Å². The minimum absolute atomic E-state index is 0.0574. The largest absolute Gasteiger partial charge is 0.299 e. The van der Waals surface area contributed by atoms with Gasteiger partial charge in [-0.15, -0.1) is 10.2 Å². The predicted molar refractivity (Wildman–Crippen MR) is 109 cm³/mol. The topological polar surface area (TPSA) is 67.2 Å². The van der Waals surface area contributed by atoms with Crippen molar-refractivity contribution in [1.29, 1.82) is 0 Å². The average molecular weight is 401 g/mol. The predicted octanol–water partition coefficient (Wildman–Crippen LogP) is 1.67. The molecular formula is C20H28N6OS. The first kappa shape index (κ1) is 18.4. The molecule has 3 aliphatic rings. The highest BCUT2D eigenvalue weighted by Gasteiger charge is 2.28. The Balaban J connectivity index is 1.11. The third kappa shape index (κ3) is 4.18. The molecular weight excluding hydrogens is 372 g/mol. The number of aromatic nitrogens is 4. The minimum Gasteiger partial charge on any atom is -0.299 e. The van der Waals surface area contributed by atoms with Gasteiger partial charge in [0.15, 0.2) is 0 Å². The molecule has 0 spiro atoms. The van der Waals surface area contributed by atoms with Crippen LogP contribution in [0, 0.1) is 0 Å². The summed E-state index contributed by atoms with van der Waals surface area (Å²) in [5, 5.41) is 15.8. The van der Waals surface area contributed by atoms with E-state index in [0.29, 0.717) is 12.5 Å². The lowest BCUT2D eigenvalue weighted by Crippen LogP contribution is -2.47. The molecule has 0 aromatic carbocycles. The van der Waals surface area contributed by atoms with Gasteiger partial charge in [0.25, 0.3) is 5.56 Å². The number of hydrogen-bond donors (Lipinski definition) is 0. The third-order valence-electron chi connectivity index (χ3n) is 6.13. The van der Waals surface area contributed by atoms with E-state index in [-0.39, 0.29) is 5.56 Å². The first-order valence-corrected chi connectivity index (χ1v) is 11.4. The monoisotopic (exact) mass is 400 g/mol. The Bertz CT molecular complexity index is 881. The number of fused-ring (bicyclic) bond motifs is 1. The van der Waals surface area contributed by atoms with Crippen molar-refractivity contribution in [2.75, 3.05) is 32.7 Å². The lowest BCUT2D eigenvalue weighted by molar-refractivity contribution is 0.122. The van der Waals surface area contributed by atoms with Gasteiger partial charge in [0.2, 0.25) is 0 Å². The highest BCUT2D eigenvalue weighted by atomic mass is 32.1. The number of hydrogen-bond acceptors (Lipinski definition) is 7. The molecule has 3 heterocycles. The van der Waals surface area contributed by atoms with Crippen molar-refractivity contribution in [2.24, 2.45) is 0 Å². The zero-order valence-electron chi connectivity index (χ0n) is 16.3. The quantitative estimate of drug-likeness (QED) is 0.735. The van der Waals surface area contributed by atoms with E-state index in [1.54, 1.807) is 16.0 Å². The van der Waals surface area contributed by atoms with Crippen molar-refractivity contribution < 1.29 is 0 Å². The van der Waals surface area contributed by atoms with Crippen LogP contribution in [0.4, 0.5) is 0 Å². The van der Waals surface area contributed by atoms with Gasteiger partial charge in [-0.1, -0.05) is 11.3 Å². The molecule has 0 radical (unpaired) electrons. The normalized spacial score (nSPS) is 21.0. The SMILES string of the molecule is O=c1cc2c(nn1CCN1CCN(Cc3nnc(C4CC4)s3)CC1)CCCC2. The van der Waals surface area contributed by atoms with Gasteiger partial charge >= 0.3 is 0 Å². The molecule has 1 saturated heterocycles. The van der Waals surface area contributed by atoms with E-state index in [1.807, 2.05) is 6.07 Å². The smallest absolute Gasteiger partial charge is 0.267 e. The van der Waals surface area contributed by atoms with E-state index >= 15 is 0 Å². The van der Waals surface area contributed by atoms with Crippen LogP contribution in [0.15, 0.2) is 10.9 Å². The van der Waals surface area contributed by atoms with Gasteiger partial charge in [-0.3, -0.25) is 14.6 Å². The summed E-state index contributed by atoms with van der Waals surface area (Å²) < 4.78 is 1.68. The van der Waals surface area contributed by atoms with Crippen molar-refractivity contribution in [2.45, 2.75) is 57.5 Å². The molecule has 0 unspecified atom stereocenters. The fourth-order valence-electron chi connectivity index (χ4n) is 4.19. The molecule has 7 nitrogen and oxygen atoms in total. The summed E-state index contributed by atoms with van der Waals surface area (Å²) in [6.45, 7) is 6.67.